The molecule has 1 saturated heterocycles. The Balaban J connectivity index is 1.85. The number of amides is 1. The van der Waals surface area contributed by atoms with Crippen LogP contribution in [0.15, 0.2) is 47.4 Å². The van der Waals surface area contributed by atoms with E-state index in [0.29, 0.717) is 43.3 Å². The minimum Gasteiger partial charge on any atom is -0.489 e. The number of unbranched alkanes of at least 4 members (excludes halogenated alkanes) is 1. The van der Waals surface area contributed by atoms with Gasteiger partial charge < -0.3 is 14.8 Å². The highest BCUT2D eigenvalue weighted by Crippen LogP contribution is 2.31. The van der Waals surface area contributed by atoms with Crippen LogP contribution in [-0.4, -0.2) is 51.0 Å². The van der Waals surface area contributed by atoms with Crippen molar-refractivity contribution < 1.29 is 22.7 Å². The summed E-state index contributed by atoms with van der Waals surface area (Å²) in [6.45, 7) is 7.23. The van der Waals surface area contributed by atoms with Crippen LogP contribution < -0.4 is 10.1 Å². The van der Waals surface area contributed by atoms with E-state index in [1.54, 1.807) is 18.2 Å². The standard InChI is InChI=1S/C24H32N2O5S/c1-4-5-6-19-7-9-20(10-8-19)24(27)25-22-17-21(11-12-23(22)31-18(2)3)32(28,29)26-13-15-30-16-14-26/h7-12,17-18H,4-6,13-16H2,1-3H3,(H,25,27). The van der Waals surface area contributed by atoms with Crippen LogP contribution in [0.2, 0.25) is 0 Å². The molecule has 0 saturated carbocycles. The van der Waals surface area contributed by atoms with E-state index < -0.39 is 10.0 Å². The Bertz CT molecular complexity index is 1010. The number of rotatable bonds is 9. The average molecular weight is 461 g/mol. The fourth-order valence-electron chi connectivity index (χ4n) is 3.46. The molecule has 7 nitrogen and oxygen atoms in total. The normalized spacial score (nSPS) is 15.0. The molecule has 1 aliphatic rings. The van der Waals surface area contributed by atoms with Gasteiger partial charge in [0.2, 0.25) is 10.0 Å². The molecule has 0 bridgehead atoms. The molecule has 3 rings (SSSR count). The quantitative estimate of drug-likeness (QED) is 0.609. The van der Waals surface area contributed by atoms with Crippen molar-refractivity contribution in [2.75, 3.05) is 31.6 Å². The summed E-state index contributed by atoms with van der Waals surface area (Å²) < 4.78 is 38.6. The molecule has 0 aromatic heterocycles. The van der Waals surface area contributed by atoms with Crippen LogP contribution in [0, 0.1) is 0 Å². The number of carbonyl (C=O) groups is 1. The number of morpholine rings is 1. The number of hydrogen-bond donors (Lipinski definition) is 1. The number of hydrogen-bond acceptors (Lipinski definition) is 5. The maximum Gasteiger partial charge on any atom is 0.255 e. The van der Waals surface area contributed by atoms with Crippen molar-refractivity contribution in [1.82, 2.24) is 4.31 Å². The maximum absolute atomic E-state index is 13.1. The fraction of sp³-hybridized carbons (Fsp3) is 0.458. The van der Waals surface area contributed by atoms with Crippen LogP contribution in [-0.2, 0) is 21.2 Å². The lowest BCUT2D eigenvalue weighted by Crippen LogP contribution is -2.40. The van der Waals surface area contributed by atoms with Crippen LogP contribution in [0.25, 0.3) is 0 Å². The highest BCUT2D eigenvalue weighted by molar-refractivity contribution is 7.89. The summed E-state index contributed by atoms with van der Waals surface area (Å²) in [6.07, 6.45) is 3.06. The van der Waals surface area contributed by atoms with E-state index in [2.05, 4.69) is 12.2 Å². The van der Waals surface area contributed by atoms with Crippen LogP contribution in [0.1, 0.15) is 49.5 Å². The first-order chi connectivity index (χ1) is 15.3. The molecule has 0 spiro atoms. The molecule has 174 valence electrons. The molecule has 32 heavy (non-hydrogen) atoms. The van der Waals surface area contributed by atoms with Crippen molar-refractivity contribution in [3.63, 3.8) is 0 Å². The Morgan fingerprint density at radius 1 is 1.12 bits per heavy atom. The zero-order valence-electron chi connectivity index (χ0n) is 19.0. The minimum absolute atomic E-state index is 0.112. The van der Waals surface area contributed by atoms with Crippen molar-refractivity contribution in [1.29, 1.82) is 0 Å². The van der Waals surface area contributed by atoms with E-state index in [1.165, 1.54) is 22.0 Å². The zero-order valence-corrected chi connectivity index (χ0v) is 19.8. The van der Waals surface area contributed by atoms with Crippen molar-refractivity contribution in [3.05, 3.63) is 53.6 Å². The molecule has 0 atom stereocenters. The zero-order chi connectivity index (χ0) is 23.1. The second kappa shape index (κ2) is 10.9. The predicted octanol–water partition coefficient (Wildman–Crippen LogP) is 4.09. The molecule has 1 N–H and O–H groups in total. The molecule has 0 unspecified atom stereocenters. The molecule has 2 aromatic carbocycles. The number of benzene rings is 2. The second-order valence-electron chi connectivity index (χ2n) is 8.10. The third-order valence-electron chi connectivity index (χ3n) is 5.20. The largest absolute Gasteiger partial charge is 0.489 e. The van der Waals surface area contributed by atoms with Crippen molar-refractivity contribution >= 4 is 21.6 Å². The molecule has 1 heterocycles. The number of nitrogens with one attached hydrogen (secondary N) is 1. The van der Waals surface area contributed by atoms with E-state index in [1.807, 2.05) is 26.0 Å². The Hall–Kier alpha value is -2.42. The summed E-state index contributed by atoms with van der Waals surface area (Å²) in [5, 5.41) is 2.84. The summed E-state index contributed by atoms with van der Waals surface area (Å²) in [6, 6.07) is 12.1. The van der Waals surface area contributed by atoms with Gasteiger partial charge in [0, 0.05) is 18.7 Å². The van der Waals surface area contributed by atoms with Gasteiger partial charge in [0.25, 0.3) is 5.91 Å². The molecule has 1 amide bonds. The number of nitrogens with zero attached hydrogens (tertiary/aromatic N) is 1. The highest BCUT2D eigenvalue weighted by Gasteiger charge is 2.27. The Morgan fingerprint density at radius 3 is 2.44 bits per heavy atom. The molecule has 1 fully saturated rings. The Kier molecular flexibility index (Phi) is 8.28. The van der Waals surface area contributed by atoms with Crippen molar-refractivity contribution in [2.45, 2.75) is 51.0 Å². The number of anilines is 1. The third kappa shape index (κ3) is 6.09. The van der Waals surface area contributed by atoms with Crippen LogP contribution >= 0.6 is 0 Å². The van der Waals surface area contributed by atoms with E-state index in [4.69, 9.17) is 9.47 Å². The van der Waals surface area contributed by atoms with E-state index >= 15 is 0 Å². The van der Waals surface area contributed by atoms with E-state index in [-0.39, 0.29) is 16.9 Å². The van der Waals surface area contributed by atoms with Crippen LogP contribution in [0.5, 0.6) is 5.75 Å². The lowest BCUT2D eigenvalue weighted by Gasteiger charge is -2.26. The van der Waals surface area contributed by atoms with Gasteiger partial charge in [-0.05, 0) is 62.6 Å². The molecule has 8 heteroatoms. The lowest BCUT2D eigenvalue weighted by atomic mass is 10.1. The minimum atomic E-state index is -3.70. The summed E-state index contributed by atoms with van der Waals surface area (Å²) >= 11 is 0. The average Bonchev–Trinajstić information content (AvgIpc) is 2.79. The van der Waals surface area contributed by atoms with E-state index in [9.17, 15) is 13.2 Å². The summed E-state index contributed by atoms with van der Waals surface area (Å²) in [7, 11) is -3.70. The topological polar surface area (TPSA) is 84.9 Å². The number of sulfonamides is 1. The first-order valence-electron chi connectivity index (χ1n) is 11.1. The Labute approximate surface area is 190 Å². The van der Waals surface area contributed by atoms with Gasteiger partial charge in [-0.1, -0.05) is 25.5 Å². The molecule has 0 radical (unpaired) electrons. The van der Waals surface area contributed by atoms with Crippen molar-refractivity contribution in [2.24, 2.45) is 0 Å². The SMILES string of the molecule is CCCCc1ccc(C(=O)Nc2cc(S(=O)(=O)N3CCOCC3)ccc2OC(C)C)cc1. The van der Waals surface area contributed by atoms with E-state index in [0.717, 1.165) is 19.3 Å². The van der Waals surface area contributed by atoms with Crippen LogP contribution in [0.3, 0.4) is 0 Å². The number of carbonyl (C=O) groups excluding carboxylic acids is 1. The predicted molar refractivity (Wildman–Crippen MR) is 125 cm³/mol. The van der Waals surface area contributed by atoms with Gasteiger partial charge in [0.15, 0.2) is 0 Å². The molecular formula is C24H32N2O5S. The lowest BCUT2D eigenvalue weighted by molar-refractivity contribution is 0.0730. The summed E-state index contributed by atoms with van der Waals surface area (Å²) in [5.74, 6) is 0.107. The molecular weight excluding hydrogens is 428 g/mol. The highest BCUT2D eigenvalue weighted by atomic mass is 32.2. The Morgan fingerprint density at radius 2 is 1.81 bits per heavy atom. The number of ether oxygens (including phenoxy) is 2. The van der Waals surface area contributed by atoms with Crippen molar-refractivity contribution in [3.8, 4) is 5.75 Å². The fourth-order valence-corrected chi connectivity index (χ4v) is 4.89. The first kappa shape index (κ1) is 24.2. The molecule has 1 aliphatic heterocycles. The smallest absolute Gasteiger partial charge is 0.255 e. The van der Waals surface area contributed by atoms with Gasteiger partial charge in [0.05, 0.1) is 29.9 Å². The van der Waals surface area contributed by atoms with Gasteiger partial charge in [-0.25, -0.2) is 8.42 Å². The summed E-state index contributed by atoms with van der Waals surface area (Å²) in [5.41, 5.74) is 2.01. The van der Waals surface area contributed by atoms with Crippen LogP contribution in [0.4, 0.5) is 5.69 Å². The summed E-state index contributed by atoms with van der Waals surface area (Å²) in [4.78, 5) is 13.0. The van der Waals surface area contributed by atoms with Gasteiger partial charge in [0.1, 0.15) is 5.75 Å². The first-order valence-corrected chi connectivity index (χ1v) is 12.5. The third-order valence-corrected chi connectivity index (χ3v) is 7.10. The monoisotopic (exact) mass is 460 g/mol. The second-order valence-corrected chi connectivity index (χ2v) is 10.0. The van der Waals surface area contributed by atoms with Gasteiger partial charge in [-0.2, -0.15) is 4.31 Å². The number of aryl methyl sites for hydroxylation is 1. The molecule has 2 aromatic rings. The molecule has 0 aliphatic carbocycles. The van der Waals surface area contributed by atoms with Gasteiger partial charge in [-0.15, -0.1) is 0 Å². The van der Waals surface area contributed by atoms with Gasteiger partial charge in [-0.3, -0.25) is 4.79 Å². The maximum atomic E-state index is 13.1. The van der Waals surface area contributed by atoms with Gasteiger partial charge >= 0.3 is 0 Å².